The Balaban J connectivity index is 1.60. The van der Waals surface area contributed by atoms with Crippen LogP contribution in [-0.4, -0.2) is 30.4 Å². The summed E-state index contributed by atoms with van der Waals surface area (Å²) in [5, 5.41) is 14.6. The number of hydrogen-bond acceptors (Lipinski definition) is 6. The molecule has 0 aliphatic carbocycles. The van der Waals surface area contributed by atoms with Crippen molar-refractivity contribution in [2.75, 3.05) is 19.5 Å². The van der Waals surface area contributed by atoms with Crippen molar-refractivity contribution in [3.63, 3.8) is 0 Å². The van der Waals surface area contributed by atoms with Gasteiger partial charge in [-0.05, 0) is 42.0 Å². The second-order valence-electron chi connectivity index (χ2n) is 6.96. The van der Waals surface area contributed by atoms with Gasteiger partial charge in [0, 0.05) is 16.7 Å². The van der Waals surface area contributed by atoms with Crippen LogP contribution in [0.5, 0.6) is 11.5 Å². The molecule has 0 spiro atoms. The number of methoxy groups -OCH3 is 2. The summed E-state index contributed by atoms with van der Waals surface area (Å²) >= 11 is 5.96. The minimum atomic E-state index is -0.684. The zero-order chi connectivity index (χ0) is 23.2. The minimum Gasteiger partial charge on any atom is -0.497 e. The Morgan fingerprint density at radius 1 is 0.970 bits per heavy atom. The summed E-state index contributed by atoms with van der Waals surface area (Å²) < 4.78 is 16.5. The Labute approximate surface area is 195 Å². The number of urea groups is 1. The van der Waals surface area contributed by atoms with Crippen molar-refractivity contribution in [3.8, 4) is 23.0 Å². The first kappa shape index (κ1) is 22.2. The number of nitrogens with zero attached hydrogens (tertiary/aromatic N) is 2. The fourth-order valence-corrected chi connectivity index (χ4v) is 3.32. The van der Waals surface area contributed by atoms with Crippen molar-refractivity contribution in [1.29, 1.82) is 0 Å². The standard InChI is InChI=1S/C24H21ClN4O4/c1-31-18-12-13-20(32-2)19(14-18)26-24(30)27-21(15-6-4-3-5-7-15)23-29-28-22(33-23)16-8-10-17(25)11-9-16/h3-14,21H,1-2H3,(H2,26,27,30)/t21-/m0/s1. The van der Waals surface area contributed by atoms with E-state index in [9.17, 15) is 4.79 Å². The van der Waals surface area contributed by atoms with Gasteiger partial charge in [-0.1, -0.05) is 41.9 Å². The third-order valence-corrected chi connectivity index (χ3v) is 5.09. The van der Waals surface area contributed by atoms with E-state index in [2.05, 4.69) is 20.8 Å². The molecule has 4 rings (SSSR count). The molecule has 0 bridgehead atoms. The van der Waals surface area contributed by atoms with Gasteiger partial charge in [0.2, 0.25) is 11.8 Å². The van der Waals surface area contributed by atoms with Crippen molar-refractivity contribution in [2.45, 2.75) is 6.04 Å². The molecule has 0 aliphatic heterocycles. The van der Waals surface area contributed by atoms with Crippen LogP contribution in [-0.2, 0) is 0 Å². The molecular weight excluding hydrogens is 444 g/mol. The predicted octanol–water partition coefficient (Wildman–Crippen LogP) is 5.32. The Hall–Kier alpha value is -4.04. The number of amides is 2. The number of nitrogens with one attached hydrogen (secondary N) is 2. The predicted molar refractivity (Wildman–Crippen MR) is 125 cm³/mol. The molecule has 0 saturated heterocycles. The van der Waals surface area contributed by atoms with Crippen LogP contribution in [0.15, 0.2) is 77.2 Å². The molecule has 0 radical (unpaired) electrons. The smallest absolute Gasteiger partial charge is 0.320 e. The molecule has 0 aliphatic rings. The Morgan fingerprint density at radius 2 is 1.73 bits per heavy atom. The van der Waals surface area contributed by atoms with Gasteiger partial charge in [0.25, 0.3) is 0 Å². The normalized spacial score (nSPS) is 11.5. The summed E-state index contributed by atoms with van der Waals surface area (Å²) in [6, 6.07) is 20.3. The molecule has 1 atom stereocenters. The molecule has 2 amide bonds. The fourth-order valence-electron chi connectivity index (χ4n) is 3.19. The van der Waals surface area contributed by atoms with E-state index in [4.69, 9.17) is 25.5 Å². The summed E-state index contributed by atoms with van der Waals surface area (Å²) in [4.78, 5) is 12.9. The lowest BCUT2D eigenvalue weighted by Gasteiger charge is -2.17. The van der Waals surface area contributed by atoms with E-state index < -0.39 is 12.1 Å². The molecule has 2 N–H and O–H groups in total. The highest BCUT2D eigenvalue weighted by Gasteiger charge is 2.24. The topological polar surface area (TPSA) is 98.5 Å². The van der Waals surface area contributed by atoms with Crippen LogP contribution >= 0.6 is 11.6 Å². The van der Waals surface area contributed by atoms with Gasteiger partial charge in [-0.3, -0.25) is 0 Å². The number of carbonyl (C=O) groups is 1. The second-order valence-corrected chi connectivity index (χ2v) is 7.40. The quantitative estimate of drug-likeness (QED) is 0.384. The number of ether oxygens (including phenoxy) is 2. The molecule has 1 heterocycles. The number of halogens is 1. The van der Waals surface area contributed by atoms with Crippen LogP contribution < -0.4 is 20.1 Å². The molecule has 8 nitrogen and oxygen atoms in total. The minimum absolute atomic E-state index is 0.235. The van der Waals surface area contributed by atoms with Crippen molar-refractivity contribution >= 4 is 23.3 Å². The van der Waals surface area contributed by atoms with Crippen molar-refractivity contribution < 1.29 is 18.7 Å². The van der Waals surface area contributed by atoms with Gasteiger partial charge >= 0.3 is 6.03 Å². The van der Waals surface area contributed by atoms with E-state index in [0.29, 0.717) is 28.1 Å². The van der Waals surface area contributed by atoms with Crippen molar-refractivity contribution in [1.82, 2.24) is 15.5 Å². The third kappa shape index (κ3) is 5.24. The fraction of sp³-hybridized carbons (Fsp3) is 0.125. The first-order chi connectivity index (χ1) is 16.1. The van der Waals surface area contributed by atoms with Gasteiger partial charge in [0.05, 0.1) is 19.9 Å². The molecule has 4 aromatic rings. The molecule has 9 heteroatoms. The van der Waals surface area contributed by atoms with Crippen LogP contribution in [0.25, 0.3) is 11.5 Å². The number of carbonyl (C=O) groups excluding carboxylic acids is 1. The van der Waals surface area contributed by atoms with E-state index in [1.807, 2.05) is 30.3 Å². The van der Waals surface area contributed by atoms with E-state index in [0.717, 1.165) is 11.1 Å². The van der Waals surface area contributed by atoms with Crippen LogP contribution in [0.4, 0.5) is 10.5 Å². The molecule has 0 saturated carbocycles. The highest BCUT2D eigenvalue weighted by Crippen LogP contribution is 2.30. The maximum absolute atomic E-state index is 12.9. The van der Waals surface area contributed by atoms with Crippen LogP contribution in [0, 0.1) is 0 Å². The first-order valence-corrected chi connectivity index (χ1v) is 10.4. The average molecular weight is 465 g/mol. The van der Waals surface area contributed by atoms with Gasteiger partial charge < -0.3 is 24.5 Å². The van der Waals surface area contributed by atoms with Gasteiger partial charge in [-0.2, -0.15) is 0 Å². The van der Waals surface area contributed by atoms with Crippen LogP contribution in [0.1, 0.15) is 17.5 Å². The summed E-state index contributed by atoms with van der Waals surface area (Å²) in [7, 11) is 3.07. The van der Waals surface area contributed by atoms with E-state index in [-0.39, 0.29) is 5.89 Å². The molecule has 1 aromatic heterocycles. The Bertz CT molecular complexity index is 1230. The summed E-state index contributed by atoms with van der Waals surface area (Å²) in [6.45, 7) is 0. The van der Waals surface area contributed by atoms with Crippen molar-refractivity contribution in [2.24, 2.45) is 0 Å². The molecule has 33 heavy (non-hydrogen) atoms. The van der Waals surface area contributed by atoms with Gasteiger partial charge in [0.1, 0.15) is 17.5 Å². The van der Waals surface area contributed by atoms with E-state index in [1.54, 1.807) is 49.6 Å². The van der Waals surface area contributed by atoms with E-state index in [1.165, 1.54) is 7.11 Å². The number of anilines is 1. The van der Waals surface area contributed by atoms with Gasteiger partial charge in [-0.25, -0.2) is 4.79 Å². The van der Waals surface area contributed by atoms with Crippen LogP contribution in [0.2, 0.25) is 5.02 Å². The number of aromatic nitrogens is 2. The number of hydrogen-bond donors (Lipinski definition) is 2. The van der Waals surface area contributed by atoms with Gasteiger partial charge in [0.15, 0.2) is 0 Å². The number of rotatable bonds is 7. The lowest BCUT2D eigenvalue weighted by molar-refractivity contribution is 0.248. The summed E-state index contributed by atoms with van der Waals surface area (Å²) in [5.74, 6) is 1.62. The zero-order valence-corrected chi connectivity index (χ0v) is 18.7. The molecule has 0 unspecified atom stereocenters. The monoisotopic (exact) mass is 464 g/mol. The zero-order valence-electron chi connectivity index (χ0n) is 17.9. The molecule has 3 aromatic carbocycles. The second kappa shape index (κ2) is 10.1. The lowest BCUT2D eigenvalue weighted by atomic mass is 10.1. The lowest BCUT2D eigenvalue weighted by Crippen LogP contribution is -2.33. The summed E-state index contributed by atoms with van der Waals surface area (Å²) in [6.07, 6.45) is 0. The highest BCUT2D eigenvalue weighted by atomic mass is 35.5. The highest BCUT2D eigenvalue weighted by molar-refractivity contribution is 6.30. The maximum Gasteiger partial charge on any atom is 0.320 e. The largest absolute Gasteiger partial charge is 0.497 e. The maximum atomic E-state index is 12.9. The SMILES string of the molecule is COc1ccc(OC)c(NC(=O)N[C@@H](c2ccccc2)c2nnc(-c3ccc(Cl)cc3)o2)c1. The van der Waals surface area contributed by atoms with Gasteiger partial charge in [-0.15, -0.1) is 10.2 Å². The summed E-state index contributed by atoms with van der Waals surface area (Å²) in [5.41, 5.74) is 1.95. The Kier molecular flexibility index (Phi) is 6.75. The van der Waals surface area contributed by atoms with Crippen LogP contribution in [0.3, 0.4) is 0 Å². The molecule has 0 fully saturated rings. The molecule has 168 valence electrons. The Morgan fingerprint density at radius 3 is 2.42 bits per heavy atom. The third-order valence-electron chi connectivity index (χ3n) is 4.84. The number of benzene rings is 3. The molecular formula is C24H21ClN4O4. The van der Waals surface area contributed by atoms with E-state index >= 15 is 0 Å². The average Bonchev–Trinajstić information content (AvgIpc) is 3.33. The van der Waals surface area contributed by atoms with Crippen molar-refractivity contribution in [3.05, 3.63) is 89.3 Å². The first-order valence-electron chi connectivity index (χ1n) is 10.0.